The van der Waals surface area contributed by atoms with Gasteiger partial charge in [0, 0.05) is 44.1 Å². The Kier molecular flexibility index (Phi) is 5.61. The summed E-state index contributed by atoms with van der Waals surface area (Å²) in [6, 6.07) is 5.61. The van der Waals surface area contributed by atoms with Gasteiger partial charge in [-0.15, -0.1) is 0 Å². The van der Waals surface area contributed by atoms with Crippen molar-refractivity contribution in [3.05, 3.63) is 35.0 Å². The Morgan fingerprint density at radius 2 is 2.07 bits per heavy atom. The van der Waals surface area contributed by atoms with Gasteiger partial charge in [0.15, 0.2) is 0 Å². The van der Waals surface area contributed by atoms with Gasteiger partial charge in [0.2, 0.25) is 5.92 Å². The van der Waals surface area contributed by atoms with Gasteiger partial charge in [-0.1, -0.05) is 17.7 Å². The second-order valence-electron chi connectivity index (χ2n) is 7.97. The molecule has 0 unspecified atom stereocenters. The van der Waals surface area contributed by atoms with E-state index < -0.39 is 5.92 Å². The number of nitrogens with zero attached hydrogens (tertiary/aromatic N) is 1. The first-order valence-corrected chi connectivity index (χ1v) is 10.4. The molecule has 28 heavy (non-hydrogen) atoms. The van der Waals surface area contributed by atoms with Crippen LogP contribution in [0.25, 0.3) is 10.9 Å². The fourth-order valence-corrected chi connectivity index (χ4v) is 4.55. The summed E-state index contributed by atoms with van der Waals surface area (Å²) in [5.41, 5.74) is 1.44. The number of aromatic nitrogens is 1. The normalized spacial score (nSPS) is 22.6. The zero-order valence-corrected chi connectivity index (χ0v) is 16.5. The van der Waals surface area contributed by atoms with Crippen molar-refractivity contribution >= 4 is 28.4 Å². The van der Waals surface area contributed by atoms with Crippen LogP contribution in [0.15, 0.2) is 24.4 Å². The highest BCUT2D eigenvalue weighted by Gasteiger charge is 2.35. The fraction of sp³-hybridized carbons (Fsp3) is 0.571. The minimum absolute atomic E-state index is 0.0966. The number of fused-ring (bicyclic) bond motifs is 1. The lowest BCUT2D eigenvalue weighted by molar-refractivity contribution is -0.0452. The second-order valence-corrected chi connectivity index (χ2v) is 8.38. The quantitative estimate of drug-likeness (QED) is 0.751. The van der Waals surface area contributed by atoms with E-state index in [0.29, 0.717) is 36.5 Å². The third kappa shape index (κ3) is 4.18. The highest BCUT2D eigenvalue weighted by molar-refractivity contribution is 6.36. The topological polar surface area (TPSA) is 43.3 Å². The molecule has 1 saturated carbocycles. The molecule has 2 aromatic rings. The van der Waals surface area contributed by atoms with Gasteiger partial charge in [-0.3, -0.25) is 4.79 Å². The first-order valence-electron chi connectivity index (χ1n) is 9.98. The van der Waals surface area contributed by atoms with Crippen molar-refractivity contribution in [1.29, 1.82) is 0 Å². The minimum Gasteiger partial charge on any atom is -0.376 e. The van der Waals surface area contributed by atoms with Crippen molar-refractivity contribution in [1.82, 2.24) is 9.88 Å². The van der Waals surface area contributed by atoms with Gasteiger partial charge in [-0.2, -0.15) is 0 Å². The predicted molar refractivity (Wildman–Crippen MR) is 105 cm³/mol. The Morgan fingerprint density at radius 1 is 1.29 bits per heavy atom. The van der Waals surface area contributed by atoms with Crippen molar-refractivity contribution in [2.45, 2.75) is 57.1 Å². The summed E-state index contributed by atoms with van der Waals surface area (Å²) in [6.45, 7) is 1.87. The second kappa shape index (κ2) is 7.99. The average Bonchev–Trinajstić information content (AvgIpc) is 3.30. The summed E-state index contributed by atoms with van der Waals surface area (Å²) in [6.07, 6.45) is 4.73. The van der Waals surface area contributed by atoms with Gasteiger partial charge in [-0.05, 0) is 43.7 Å². The monoisotopic (exact) mass is 410 g/mol. The first kappa shape index (κ1) is 19.6. The molecule has 4 nitrogen and oxygen atoms in total. The molecule has 152 valence electrons. The van der Waals surface area contributed by atoms with E-state index in [-0.39, 0.29) is 30.8 Å². The van der Waals surface area contributed by atoms with Gasteiger partial charge in [0.05, 0.1) is 22.2 Å². The molecule has 4 rings (SSSR count). The summed E-state index contributed by atoms with van der Waals surface area (Å²) >= 11 is 6.41. The number of benzene rings is 1. The average molecular weight is 411 g/mol. The van der Waals surface area contributed by atoms with Gasteiger partial charge in [-0.25, -0.2) is 8.78 Å². The Morgan fingerprint density at radius 3 is 2.79 bits per heavy atom. The van der Waals surface area contributed by atoms with Gasteiger partial charge in [0.25, 0.3) is 5.91 Å². The fourth-order valence-electron chi connectivity index (χ4n) is 4.28. The number of halogens is 3. The molecule has 0 bridgehead atoms. The maximum atomic E-state index is 13.3. The molecule has 1 N–H and O–H groups in total. The lowest BCUT2D eigenvalue weighted by Crippen LogP contribution is -2.33. The molecule has 2 aliphatic rings. The number of amides is 1. The standard InChI is InChI=1S/C21H25ClF2N2O2/c22-17-4-1-5-18-19(17)16(13-26(18)12-15-3-2-10-28-15)20(27)25-11-14-6-8-21(23,24)9-7-14/h1,4-5,13-15H,2-3,6-12H2,(H,25,27)/t15-/m0/s1. The minimum atomic E-state index is -2.55. The maximum Gasteiger partial charge on any atom is 0.253 e. The van der Waals surface area contributed by atoms with Crippen LogP contribution in [-0.4, -0.2) is 35.7 Å². The van der Waals surface area contributed by atoms with Crippen molar-refractivity contribution in [2.75, 3.05) is 13.2 Å². The third-order valence-corrected chi connectivity index (χ3v) is 6.23. The molecule has 1 atom stereocenters. The molecule has 0 radical (unpaired) electrons. The van der Waals surface area contributed by atoms with E-state index >= 15 is 0 Å². The molecule has 1 aromatic carbocycles. The van der Waals surface area contributed by atoms with E-state index in [1.54, 1.807) is 6.07 Å². The number of carbonyl (C=O) groups excluding carboxylic acids is 1. The van der Waals surface area contributed by atoms with Gasteiger partial charge >= 0.3 is 0 Å². The lowest BCUT2D eigenvalue weighted by atomic mass is 9.87. The zero-order valence-electron chi connectivity index (χ0n) is 15.7. The molecule has 7 heteroatoms. The first-order chi connectivity index (χ1) is 13.4. The van der Waals surface area contributed by atoms with Crippen molar-refractivity contribution in [3.63, 3.8) is 0 Å². The molecular formula is C21H25ClF2N2O2. The van der Waals surface area contributed by atoms with Crippen LogP contribution in [0.5, 0.6) is 0 Å². The van der Waals surface area contributed by atoms with Crippen molar-refractivity contribution < 1.29 is 18.3 Å². The molecule has 1 saturated heterocycles. The molecule has 1 amide bonds. The van der Waals surface area contributed by atoms with Crippen LogP contribution in [0.3, 0.4) is 0 Å². The van der Waals surface area contributed by atoms with E-state index in [0.717, 1.165) is 30.4 Å². The van der Waals surface area contributed by atoms with Crippen molar-refractivity contribution in [2.24, 2.45) is 5.92 Å². The number of ether oxygens (including phenoxy) is 1. The van der Waals surface area contributed by atoms with Gasteiger partial charge in [0.1, 0.15) is 0 Å². The number of rotatable bonds is 5. The van der Waals surface area contributed by atoms with E-state index in [2.05, 4.69) is 5.32 Å². The molecule has 2 fully saturated rings. The number of alkyl halides is 2. The van der Waals surface area contributed by atoms with E-state index in [1.165, 1.54) is 0 Å². The maximum absolute atomic E-state index is 13.3. The highest BCUT2D eigenvalue weighted by Crippen LogP contribution is 2.36. The van der Waals surface area contributed by atoms with Crippen molar-refractivity contribution in [3.8, 4) is 0 Å². The lowest BCUT2D eigenvalue weighted by Gasteiger charge is -2.28. The molecular weight excluding hydrogens is 386 g/mol. The van der Waals surface area contributed by atoms with Crippen LogP contribution in [0.1, 0.15) is 48.9 Å². The van der Waals surface area contributed by atoms with Crippen LogP contribution >= 0.6 is 11.6 Å². The van der Waals surface area contributed by atoms with Crippen LogP contribution < -0.4 is 5.32 Å². The Hall–Kier alpha value is -1.66. The Labute approximate surface area is 168 Å². The van der Waals surface area contributed by atoms with E-state index in [1.807, 2.05) is 22.9 Å². The third-order valence-electron chi connectivity index (χ3n) is 5.91. The summed E-state index contributed by atoms with van der Waals surface area (Å²) < 4.78 is 34.4. The zero-order chi connectivity index (χ0) is 19.7. The largest absolute Gasteiger partial charge is 0.376 e. The number of hydrogen-bond acceptors (Lipinski definition) is 2. The number of carbonyl (C=O) groups is 1. The van der Waals surface area contributed by atoms with Crippen LogP contribution in [0, 0.1) is 5.92 Å². The van der Waals surface area contributed by atoms with Crippen LogP contribution in [0.4, 0.5) is 8.78 Å². The molecule has 1 aliphatic carbocycles. The predicted octanol–water partition coefficient (Wildman–Crippen LogP) is 5.03. The molecule has 0 spiro atoms. The van der Waals surface area contributed by atoms with E-state index in [9.17, 15) is 13.6 Å². The van der Waals surface area contributed by atoms with E-state index in [4.69, 9.17) is 16.3 Å². The summed E-state index contributed by atoms with van der Waals surface area (Å²) in [7, 11) is 0. The number of hydrogen-bond donors (Lipinski definition) is 1. The summed E-state index contributed by atoms with van der Waals surface area (Å²) in [5.74, 6) is -2.66. The summed E-state index contributed by atoms with van der Waals surface area (Å²) in [5, 5.41) is 4.20. The summed E-state index contributed by atoms with van der Waals surface area (Å²) in [4.78, 5) is 12.9. The molecule has 1 aromatic heterocycles. The Bertz CT molecular complexity index is 851. The van der Waals surface area contributed by atoms with Crippen LogP contribution in [0.2, 0.25) is 5.02 Å². The SMILES string of the molecule is O=C(NCC1CCC(F)(F)CC1)c1cn(C[C@@H]2CCCO2)c2cccc(Cl)c12. The highest BCUT2D eigenvalue weighted by atomic mass is 35.5. The van der Waals surface area contributed by atoms with Gasteiger partial charge < -0.3 is 14.6 Å². The molecule has 2 heterocycles. The van der Waals surface area contributed by atoms with Crippen LogP contribution in [-0.2, 0) is 11.3 Å². The molecule has 1 aliphatic heterocycles. The number of nitrogens with one attached hydrogen (secondary N) is 1. The Balaban J connectivity index is 1.50. The smallest absolute Gasteiger partial charge is 0.253 e.